The number of ketones is 1. The van der Waals surface area contributed by atoms with Crippen LogP contribution in [0.1, 0.15) is 35.8 Å². The first kappa shape index (κ1) is 7.22. The molecule has 1 aromatic carbocycles. The van der Waals surface area contributed by atoms with E-state index in [2.05, 4.69) is 24.3 Å². The molecule has 0 saturated heterocycles. The smallest absolute Gasteiger partial charge is 0.137 e. The molecule has 2 saturated carbocycles. The Morgan fingerprint density at radius 3 is 2.50 bits per heavy atom. The van der Waals surface area contributed by atoms with Crippen molar-refractivity contribution >= 4 is 5.78 Å². The summed E-state index contributed by atoms with van der Waals surface area (Å²) in [5.74, 6) is 2.95. The summed E-state index contributed by atoms with van der Waals surface area (Å²) in [6, 6.07) is 8.73. The van der Waals surface area contributed by atoms with Gasteiger partial charge in [0, 0.05) is 12.3 Å². The van der Waals surface area contributed by atoms with Crippen LogP contribution in [0.3, 0.4) is 0 Å². The van der Waals surface area contributed by atoms with Crippen LogP contribution in [0, 0.1) is 11.8 Å². The van der Waals surface area contributed by atoms with E-state index in [1.807, 2.05) is 0 Å². The zero-order valence-corrected chi connectivity index (χ0v) is 7.94. The summed E-state index contributed by atoms with van der Waals surface area (Å²) in [7, 11) is 0. The molecule has 1 nitrogen and oxygen atoms in total. The zero-order chi connectivity index (χ0) is 9.28. The molecular weight excluding hydrogens is 172 g/mol. The molecule has 4 unspecified atom stereocenters. The molecule has 0 spiro atoms. The molecule has 14 heavy (non-hydrogen) atoms. The van der Waals surface area contributed by atoms with Gasteiger partial charge in [-0.05, 0) is 35.3 Å². The number of Topliss-reactive ketones (excluding diaryl/α,β-unsaturated/α-hetero) is 1. The molecule has 4 atom stereocenters. The summed E-state index contributed by atoms with van der Waals surface area (Å²) in [6.07, 6.45) is 2.11. The maximum Gasteiger partial charge on any atom is 0.137 e. The lowest BCUT2D eigenvalue weighted by Crippen LogP contribution is -2.40. The number of fused-ring (bicyclic) bond motifs is 8. The summed E-state index contributed by atoms with van der Waals surface area (Å²) >= 11 is 0. The molecule has 2 fully saturated rings. The van der Waals surface area contributed by atoms with Crippen LogP contribution in [0.2, 0.25) is 0 Å². The highest BCUT2D eigenvalue weighted by Crippen LogP contribution is 2.64. The molecule has 0 radical (unpaired) electrons. The van der Waals surface area contributed by atoms with E-state index < -0.39 is 0 Å². The molecule has 0 aliphatic heterocycles. The Bertz CT molecular complexity index is 435. The van der Waals surface area contributed by atoms with Crippen molar-refractivity contribution in [3.8, 4) is 0 Å². The fourth-order valence-corrected chi connectivity index (χ4v) is 3.95. The molecule has 0 aromatic heterocycles. The van der Waals surface area contributed by atoms with Crippen LogP contribution in [0.15, 0.2) is 24.3 Å². The average molecular weight is 184 g/mol. The van der Waals surface area contributed by atoms with E-state index in [1.165, 1.54) is 12.0 Å². The number of carbonyl (C=O) groups is 1. The zero-order valence-electron chi connectivity index (χ0n) is 7.94. The van der Waals surface area contributed by atoms with Gasteiger partial charge in [0.2, 0.25) is 0 Å². The second-order valence-corrected chi connectivity index (χ2v) is 4.94. The third kappa shape index (κ3) is 0.607. The number of hydrogen-bond acceptors (Lipinski definition) is 1. The van der Waals surface area contributed by atoms with Crippen molar-refractivity contribution < 1.29 is 4.79 Å². The lowest BCUT2D eigenvalue weighted by atomic mass is 9.63. The lowest BCUT2D eigenvalue weighted by Gasteiger charge is -2.39. The maximum absolute atomic E-state index is 11.5. The summed E-state index contributed by atoms with van der Waals surface area (Å²) in [4.78, 5) is 11.5. The largest absolute Gasteiger partial charge is 0.299 e. The van der Waals surface area contributed by atoms with Crippen LogP contribution in [0.4, 0.5) is 0 Å². The molecule has 2 bridgehead atoms. The first-order chi connectivity index (χ1) is 6.86. The van der Waals surface area contributed by atoms with E-state index >= 15 is 0 Å². The Morgan fingerprint density at radius 1 is 1.07 bits per heavy atom. The average Bonchev–Trinajstić information content (AvgIpc) is 2.68. The molecule has 70 valence electrons. The molecule has 0 amide bonds. The fraction of sp³-hybridized carbons (Fsp3) is 0.462. The molecule has 3 aliphatic rings. The maximum atomic E-state index is 11.5. The quantitative estimate of drug-likeness (QED) is 0.605. The molecule has 3 aliphatic carbocycles. The fourth-order valence-electron chi connectivity index (χ4n) is 3.95. The number of benzene rings is 1. The minimum atomic E-state index is 0.412. The minimum absolute atomic E-state index is 0.412. The third-order valence-electron chi connectivity index (χ3n) is 4.52. The summed E-state index contributed by atoms with van der Waals surface area (Å²) in [5.41, 5.74) is 3.03. The van der Waals surface area contributed by atoms with E-state index in [0.29, 0.717) is 23.5 Å². The highest BCUT2D eigenvalue weighted by atomic mass is 16.1. The summed E-state index contributed by atoms with van der Waals surface area (Å²) in [5, 5.41) is 0. The highest BCUT2D eigenvalue weighted by molar-refractivity contribution is 5.90. The van der Waals surface area contributed by atoms with Crippen molar-refractivity contribution in [2.24, 2.45) is 11.8 Å². The van der Waals surface area contributed by atoms with Gasteiger partial charge in [0.15, 0.2) is 0 Å². The predicted molar refractivity (Wildman–Crippen MR) is 53.1 cm³/mol. The second-order valence-electron chi connectivity index (χ2n) is 4.94. The molecule has 0 heterocycles. The van der Waals surface area contributed by atoms with Crippen LogP contribution >= 0.6 is 0 Å². The number of carbonyl (C=O) groups excluding carboxylic acids is 1. The van der Waals surface area contributed by atoms with E-state index in [9.17, 15) is 4.79 Å². The molecule has 4 rings (SSSR count). The van der Waals surface area contributed by atoms with Gasteiger partial charge in [-0.2, -0.15) is 0 Å². The Balaban J connectivity index is 1.92. The van der Waals surface area contributed by atoms with Crippen molar-refractivity contribution in [2.45, 2.75) is 24.7 Å². The van der Waals surface area contributed by atoms with Crippen LogP contribution in [0.5, 0.6) is 0 Å². The molecule has 1 aromatic rings. The predicted octanol–water partition coefficient (Wildman–Crippen LogP) is 2.48. The van der Waals surface area contributed by atoms with Gasteiger partial charge in [-0.3, -0.25) is 4.79 Å². The minimum Gasteiger partial charge on any atom is -0.299 e. The van der Waals surface area contributed by atoms with Gasteiger partial charge in [0.1, 0.15) is 5.78 Å². The van der Waals surface area contributed by atoms with Gasteiger partial charge in [0.25, 0.3) is 0 Å². The van der Waals surface area contributed by atoms with E-state index in [1.54, 1.807) is 5.56 Å². The van der Waals surface area contributed by atoms with Gasteiger partial charge in [0.05, 0.1) is 0 Å². The Morgan fingerprint density at radius 2 is 1.79 bits per heavy atom. The summed E-state index contributed by atoms with van der Waals surface area (Å²) in [6.45, 7) is 0. The third-order valence-corrected chi connectivity index (χ3v) is 4.52. The normalized spacial score (nSPS) is 41.9. The van der Waals surface area contributed by atoms with Gasteiger partial charge < -0.3 is 0 Å². The van der Waals surface area contributed by atoms with Crippen LogP contribution in [-0.2, 0) is 4.79 Å². The molecule has 0 N–H and O–H groups in total. The molecule has 1 heteroatoms. The van der Waals surface area contributed by atoms with E-state index in [0.717, 1.165) is 12.3 Å². The van der Waals surface area contributed by atoms with Gasteiger partial charge in [-0.25, -0.2) is 0 Å². The highest BCUT2D eigenvalue weighted by Gasteiger charge is 2.58. The van der Waals surface area contributed by atoms with Gasteiger partial charge in [-0.1, -0.05) is 24.3 Å². The van der Waals surface area contributed by atoms with Crippen LogP contribution in [0.25, 0.3) is 0 Å². The Hall–Kier alpha value is -1.11. The number of rotatable bonds is 0. The van der Waals surface area contributed by atoms with Crippen molar-refractivity contribution in [1.29, 1.82) is 0 Å². The van der Waals surface area contributed by atoms with E-state index in [-0.39, 0.29) is 0 Å². The van der Waals surface area contributed by atoms with Gasteiger partial charge in [-0.15, -0.1) is 0 Å². The lowest BCUT2D eigenvalue weighted by molar-refractivity contribution is -0.133. The topological polar surface area (TPSA) is 17.1 Å². The van der Waals surface area contributed by atoms with Gasteiger partial charge >= 0.3 is 0 Å². The summed E-state index contributed by atoms with van der Waals surface area (Å²) < 4.78 is 0. The monoisotopic (exact) mass is 184 g/mol. The van der Waals surface area contributed by atoms with Crippen molar-refractivity contribution in [1.82, 2.24) is 0 Å². The number of hydrogen-bond donors (Lipinski definition) is 0. The van der Waals surface area contributed by atoms with Crippen molar-refractivity contribution in [3.63, 3.8) is 0 Å². The van der Waals surface area contributed by atoms with Crippen LogP contribution in [-0.4, -0.2) is 5.78 Å². The Labute approximate surface area is 83.1 Å². The van der Waals surface area contributed by atoms with E-state index in [4.69, 9.17) is 0 Å². The first-order valence-electron chi connectivity index (χ1n) is 5.48. The van der Waals surface area contributed by atoms with Crippen LogP contribution < -0.4 is 0 Å². The first-order valence-corrected chi connectivity index (χ1v) is 5.48. The van der Waals surface area contributed by atoms with Crippen molar-refractivity contribution in [3.05, 3.63) is 35.4 Å². The second kappa shape index (κ2) is 2.10. The van der Waals surface area contributed by atoms with Crippen molar-refractivity contribution in [2.75, 3.05) is 0 Å². The SMILES string of the molecule is O=C1CC2C3CC(c4ccccc43)C12. The molecular formula is C13H12O. The standard InChI is InChI=1S/C13H12O/c14-12-6-11-9-5-10(13(11)12)8-4-2-1-3-7(8)9/h1-4,9-11,13H,5-6H2. The Kier molecular flexibility index (Phi) is 1.08.